The molecule has 5 unspecified atom stereocenters. The number of nitrogens with zero attached hydrogens (tertiary/aromatic N) is 5. The Kier molecular flexibility index (Phi) is 9.87. The number of pyridine rings is 1. The smallest absolute Gasteiger partial charge is 0.379 e. The first kappa shape index (κ1) is 38.0. The van der Waals surface area contributed by atoms with E-state index in [4.69, 9.17) is 5.73 Å². The zero-order valence-corrected chi connectivity index (χ0v) is 30.2. The third-order valence-electron chi connectivity index (χ3n) is 11.9. The van der Waals surface area contributed by atoms with Crippen LogP contribution in [0.4, 0.5) is 24.5 Å². The SMILES string of the molecule is NC(=O)c1nn(-c2ccc(CC3CC4(CCN(c5ccc6c(c5)C(O)N(C5CCC(O)NC5O)C6O)CC4)C3)cc2)cc1NC(=O)c1cccc(C(F)(F)F)n1. The molecule has 4 aliphatic rings. The van der Waals surface area contributed by atoms with Crippen LogP contribution in [0.25, 0.3) is 5.69 Å². The molecule has 5 heterocycles. The number of alkyl halides is 3. The standard InChI is InChI=1S/C39H43F3N8O6/c40-39(41,42)30-3-1-2-27(44-30)34(53)45-28-20-49(47-32(28)33(43)52)23-6-4-21(5-7-23)16-22-18-38(19-22)12-14-48(15-13-38)24-8-9-25-26(17-24)37(56)50(36(25)55)29-10-11-31(51)46-35(29)54/h1-9,17,20,22,29,31,35-37,46,51,54-56H,10-16,18-19H2,(H2,43,52)(H,45,53). The van der Waals surface area contributed by atoms with Crippen molar-refractivity contribution in [3.8, 4) is 5.69 Å². The number of piperidine rings is 2. The summed E-state index contributed by atoms with van der Waals surface area (Å²) in [7, 11) is 0. The fraction of sp³-hybridized carbons (Fsp3) is 0.436. The zero-order chi connectivity index (χ0) is 39.5. The van der Waals surface area contributed by atoms with E-state index in [1.807, 2.05) is 42.5 Å². The highest BCUT2D eigenvalue weighted by Crippen LogP contribution is 2.54. The van der Waals surface area contributed by atoms with E-state index in [0.717, 1.165) is 74.6 Å². The van der Waals surface area contributed by atoms with Gasteiger partial charge in [0.2, 0.25) is 0 Å². The minimum absolute atomic E-state index is 0.0637. The number of aromatic nitrogens is 3. The van der Waals surface area contributed by atoms with Crippen LogP contribution in [0, 0.1) is 11.3 Å². The number of fused-ring (bicyclic) bond motifs is 1. The summed E-state index contributed by atoms with van der Waals surface area (Å²) < 4.78 is 40.7. The topological polar surface area (TPSA) is 202 Å². The van der Waals surface area contributed by atoms with Gasteiger partial charge in [-0.15, -0.1) is 0 Å². The van der Waals surface area contributed by atoms with Gasteiger partial charge in [-0.2, -0.15) is 18.3 Å². The first-order valence-corrected chi connectivity index (χ1v) is 18.7. The summed E-state index contributed by atoms with van der Waals surface area (Å²) >= 11 is 0. The molecule has 17 heteroatoms. The van der Waals surface area contributed by atoms with E-state index in [-0.39, 0.29) is 16.8 Å². The number of rotatable bonds is 8. The number of hydrogen-bond acceptors (Lipinski definition) is 11. The molecule has 2 amide bonds. The molecule has 2 saturated heterocycles. The average Bonchev–Trinajstić information content (AvgIpc) is 3.69. The summed E-state index contributed by atoms with van der Waals surface area (Å²) in [5.41, 5.74) is 7.72. The molecule has 0 bridgehead atoms. The number of benzene rings is 2. The number of aliphatic hydroxyl groups is 4. The molecule has 8 N–H and O–H groups in total. The maximum absolute atomic E-state index is 13.1. The van der Waals surface area contributed by atoms with E-state index in [0.29, 0.717) is 35.6 Å². The number of hydrogen-bond donors (Lipinski definition) is 7. The number of nitrogens with two attached hydrogens (primary N) is 1. The molecule has 3 fully saturated rings. The number of aliphatic hydroxyl groups excluding tert-OH is 4. The van der Waals surface area contributed by atoms with Gasteiger partial charge in [-0.25, -0.2) is 14.6 Å². The fourth-order valence-corrected chi connectivity index (χ4v) is 8.99. The van der Waals surface area contributed by atoms with E-state index in [1.54, 1.807) is 0 Å². The predicted molar refractivity (Wildman–Crippen MR) is 196 cm³/mol. The lowest BCUT2D eigenvalue weighted by Gasteiger charge is -2.53. The van der Waals surface area contributed by atoms with Gasteiger partial charge in [-0.05, 0) is 98.2 Å². The number of nitrogens with one attached hydrogen (secondary N) is 2. The van der Waals surface area contributed by atoms with Gasteiger partial charge in [0.15, 0.2) is 5.69 Å². The van der Waals surface area contributed by atoms with Gasteiger partial charge in [0.25, 0.3) is 11.8 Å². The van der Waals surface area contributed by atoms with Crippen LogP contribution in [0.2, 0.25) is 0 Å². The van der Waals surface area contributed by atoms with Crippen molar-refractivity contribution in [3.05, 3.63) is 101 Å². The third kappa shape index (κ3) is 7.26. The largest absolute Gasteiger partial charge is 0.433 e. The Hall–Kier alpha value is -4.91. The van der Waals surface area contributed by atoms with Crippen molar-refractivity contribution in [2.45, 2.75) is 82.1 Å². The Labute approximate surface area is 319 Å². The van der Waals surface area contributed by atoms with Crippen LogP contribution < -0.4 is 21.3 Å². The fourth-order valence-electron chi connectivity index (χ4n) is 8.99. The minimum atomic E-state index is -4.73. The number of primary amides is 1. The Morgan fingerprint density at radius 2 is 1.62 bits per heavy atom. The van der Waals surface area contributed by atoms with Crippen LogP contribution in [0.15, 0.2) is 66.9 Å². The summed E-state index contributed by atoms with van der Waals surface area (Å²) in [6.07, 6.45) is -1.36. The van der Waals surface area contributed by atoms with Crippen molar-refractivity contribution in [2.75, 3.05) is 23.3 Å². The Morgan fingerprint density at radius 3 is 2.30 bits per heavy atom. The van der Waals surface area contributed by atoms with Crippen LogP contribution in [-0.4, -0.2) is 83.5 Å². The maximum Gasteiger partial charge on any atom is 0.433 e. The molecule has 0 radical (unpaired) electrons. The zero-order valence-electron chi connectivity index (χ0n) is 30.2. The molecular formula is C39H43F3N8O6. The van der Waals surface area contributed by atoms with E-state index in [9.17, 15) is 43.2 Å². The molecule has 14 nitrogen and oxygen atoms in total. The molecule has 8 rings (SSSR count). The van der Waals surface area contributed by atoms with Crippen molar-refractivity contribution in [1.29, 1.82) is 0 Å². The normalized spacial score (nSPS) is 25.2. The maximum atomic E-state index is 13.1. The first-order chi connectivity index (χ1) is 26.7. The van der Waals surface area contributed by atoms with Crippen LogP contribution in [0.3, 0.4) is 0 Å². The van der Waals surface area contributed by atoms with Crippen LogP contribution >= 0.6 is 0 Å². The lowest BCUT2D eigenvalue weighted by atomic mass is 9.56. The first-order valence-electron chi connectivity index (χ1n) is 18.7. The molecule has 5 atom stereocenters. The summed E-state index contributed by atoms with van der Waals surface area (Å²) in [6, 6.07) is 15.8. The number of halogens is 3. The average molecular weight is 777 g/mol. The summed E-state index contributed by atoms with van der Waals surface area (Å²) in [5.74, 6) is -1.35. The van der Waals surface area contributed by atoms with E-state index in [2.05, 4.69) is 25.6 Å². The minimum Gasteiger partial charge on any atom is -0.379 e. The van der Waals surface area contributed by atoms with Gasteiger partial charge in [0, 0.05) is 29.9 Å². The van der Waals surface area contributed by atoms with E-state index < -0.39 is 60.3 Å². The number of carbonyl (C=O) groups excluding carboxylic acids is 2. The van der Waals surface area contributed by atoms with E-state index in [1.165, 1.54) is 15.8 Å². The van der Waals surface area contributed by atoms with Gasteiger partial charge in [0.1, 0.15) is 36.3 Å². The van der Waals surface area contributed by atoms with Gasteiger partial charge in [-0.1, -0.05) is 24.3 Å². The Morgan fingerprint density at radius 1 is 0.929 bits per heavy atom. The van der Waals surface area contributed by atoms with Crippen molar-refractivity contribution >= 4 is 23.2 Å². The van der Waals surface area contributed by atoms with Gasteiger partial charge in [0.05, 0.1) is 23.6 Å². The van der Waals surface area contributed by atoms with Crippen LogP contribution in [0.5, 0.6) is 0 Å². The summed E-state index contributed by atoms with van der Waals surface area (Å²) in [6.45, 7) is 1.75. The highest BCUT2D eigenvalue weighted by Gasteiger charge is 2.47. The molecule has 4 aromatic rings. The number of amides is 2. The quantitative estimate of drug-likeness (QED) is 0.138. The lowest BCUT2D eigenvalue weighted by molar-refractivity contribution is -0.159. The molecule has 2 aromatic heterocycles. The van der Waals surface area contributed by atoms with Crippen molar-refractivity contribution < 1.29 is 43.2 Å². The van der Waals surface area contributed by atoms with E-state index >= 15 is 0 Å². The predicted octanol–water partition coefficient (Wildman–Crippen LogP) is 3.56. The number of anilines is 2. The second-order valence-electron chi connectivity index (χ2n) is 15.5. The molecular weight excluding hydrogens is 733 g/mol. The number of carbonyl (C=O) groups is 2. The third-order valence-corrected chi connectivity index (χ3v) is 11.9. The van der Waals surface area contributed by atoms with Crippen molar-refractivity contribution in [1.82, 2.24) is 25.0 Å². The highest BCUT2D eigenvalue weighted by molar-refractivity contribution is 6.07. The van der Waals surface area contributed by atoms with Gasteiger partial charge in [-0.3, -0.25) is 14.9 Å². The monoisotopic (exact) mass is 776 g/mol. The molecule has 1 saturated carbocycles. The summed E-state index contributed by atoms with van der Waals surface area (Å²) in [5, 5.41) is 51.9. The second kappa shape index (κ2) is 14.5. The summed E-state index contributed by atoms with van der Waals surface area (Å²) in [4.78, 5) is 32.1. The molecule has 296 valence electrons. The lowest BCUT2D eigenvalue weighted by Crippen LogP contribution is -2.57. The Bertz CT molecular complexity index is 2110. The molecule has 2 aromatic carbocycles. The molecule has 1 aliphatic carbocycles. The molecule has 3 aliphatic heterocycles. The highest BCUT2D eigenvalue weighted by atomic mass is 19.4. The Balaban J connectivity index is 0.850. The molecule has 56 heavy (non-hydrogen) atoms. The van der Waals surface area contributed by atoms with Crippen molar-refractivity contribution in [3.63, 3.8) is 0 Å². The van der Waals surface area contributed by atoms with Gasteiger partial charge < -0.3 is 36.4 Å². The van der Waals surface area contributed by atoms with Crippen LogP contribution in [0.1, 0.15) is 94.3 Å². The molecule has 1 spiro atoms. The second-order valence-corrected chi connectivity index (χ2v) is 15.5. The van der Waals surface area contributed by atoms with Gasteiger partial charge >= 0.3 is 6.18 Å². The van der Waals surface area contributed by atoms with Crippen molar-refractivity contribution in [2.24, 2.45) is 17.1 Å². The van der Waals surface area contributed by atoms with Crippen LogP contribution in [-0.2, 0) is 12.6 Å².